The molecule has 0 unspecified atom stereocenters. The Labute approximate surface area is 189 Å². The molecule has 9 heteroatoms. The first-order valence-corrected chi connectivity index (χ1v) is 9.94. The van der Waals surface area contributed by atoms with E-state index in [0.717, 1.165) is 5.56 Å². The number of aromatic nitrogens is 1. The van der Waals surface area contributed by atoms with Crippen LogP contribution < -0.4 is 20.1 Å². The molecule has 7 nitrogen and oxygen atoms in total. The molecular weight excluding hydrogens is 441 g/mol. The molecule has 0 aliphatic rings. The summed E-state index contributed by atoms with van der Waals surface area (Å²) < 4.78 is 11.1. The van der Waals surface area contributed by atoms with E-state index in [1.165, 1.54) is 19.2 Å². The Morgan fingerprint density at radius 2 is 1.90 bits per heavy atom. The summed E-state index contributed by atoms with van der Waals surface area (Å²) in [6, 6.07) is 13.2. The molecule has 160 valence electrons. The molecule has 0 aliphatic carbocycles. The van der Waals surface area contributed by atoms with Crippen LogP contribution in [0.25, 0.3) is 0 Å². The molecule has 31 heavy (non-hydrogen) atoms. The number of hydrogen-bond donors (Lipinski definition) is 2. The summed E-state index contributed by atoms with van der Waals surface area (Å²) in [6.45, 7) is 0.0508. The second kappa shape index (κ2) is 10.7. The maximum Gasteiger partial charge on any atom is 0.253 e. The lowest BCUT2D eigenvalue weighted by molar-refractivity contribution is -0.115. The van der Waals surface area contributed by atoms with Gasteiger partial charge in [-0.3, -0.25) is 14.6 Å². The lowest BCUT2D eigenvalue weighted by Crippen LogP contribution is -2.33. The quantitative estimate of drug-likeness (QED) is 0.522. The minimum Gasteiger partial charge on any atom is -0.493 e. The number of methoxy groups -OCH3 is 1. The van der Waals surface area contributed by atoms with Gasteiger partial charge in [0.1, 0.15) is 6.61 Å². The van der Waals surface area contributed by atoms with Crippen LogP contribution in [0.4, 0.5) is 5.69 Å². The van der Waals surface area contributed by atoms with Gasteiger partial charge in [-0.1, -0.05) is 29.3 Å². The van der Waals surface area contributed by atoms with Crippen LogP contribution in [0.15, 0.2) is 60.9 Å². The SMILES string of the molecule is COc1ccc(NC(=O)CNC(=O)c2ccc(Cl)cc2Cl)cc1OCc1cccnc1. The summed E-state index contributed by atoms with van der Waals surface area (Å²) >= 11 is 11.8. The van der Waals surface area contributed by atoms with Gasteiger partial charge in [-0.05, 0) is 36.4 Å². The number of halogens is 2. The van der Waals surface area contributed by atoms with E-state index in [2.05, 4.69) is 15.6 Å². The predicted octanol–water partition coefficient (Wildman–Crippen LogP) is 4.34. The summed E-state index contributed by atoms with van der Waals surface area (Å²) in [5.74, 6) is 0.0857. The minimum absolute atomic E-state index is 0.205. The topological polar surface area (TPSA) is 89.6 Å². The average Bonchev–Trinajstić information content (AvgIpc) is 2.77. The lowest BCUT2D eigenvalue weighted by Gasteiger charge is -2.13. The van der Waals surface area contributed by atoms with Crippen molar-refractivity contribution >= 4 is 40.7 Å². The number of anilines is 1. The Hall–Kier alpha value is -3.29. The molecule has 0 bridgehead atoms. The third kappa shape index (κ3) is 6.34. The Kier molecular flexibility index (Phi) is 7.70. The summed E-state index contributed by atoms with van der Waals surface area (Å²) in [6.07, 6.45) is 3.38. The maximum absolute atomic E-state index is 12.3. The smallest absolute Gasteiger partial charge is 0.253 e. The zero-order valence-electron chi connectivity index (χ0n) is 16.5. The highest BCUT2D eigenvalue weighted by Crippen LogP contribution is 2.31. The third-order valence-corrected chi connectivity index (χ3v) is 4.70. The number of pyridine rings is 1. The Morgan fingerprint density at radius 3 is 2.61 bits per heavy atom. The molecule has 0 spiro atoms. The van der Waals surface area contributed by atoms with Gasteiger partial charge in [0.25, 0.3) is 5.91 Å². The van der Waals surface area contributed by atoms with Crippen LogP contribution in [0.1, 0.15) is 15.9 Å². The molecule has 0 fully saturated rings. The van der Waals surface area contributed by atoms with E-state index >= 15 is 0 Å². The molecule has 3 aromatic rings. The van der Waals surface area contributed by atoms with Gasteiger partial charge in [0.15, 0.2) is 11.5 Å². The molecule has 0 aliphatic heterocycles. The van der Waals surface area contributed by atoms with Crippen LogP contribution in [-0.4, -0.2) is 30.5 Å². The Bertz CT molecular complexity index is 1080. The molecule has 1 heterocycles. The van der Waals surface area contributed by atoms with Crippen LogP contribution >= 0.6 is 23.2 Å². The van der Waals surface area contributed by atoms with Gasteiger partial charge in [-0.25, -0.2) is 0 Å². The number of amides is 2. The minimum atomic E-state index is -0.480. The van der Waals surface area contributed by atoms with Crippen molar-refractivity contribution in [3.8, 4) is 11.5 Å². The molecule has 2 amide bonds. The Balaban J connectivity index is 1.59. The number of carbonyl (C=O) groups excluding carboxylic acids is 2. The van der Waals surface area contributed by atoms with Gasteiger partial charge < -0.3 is 20.1 Å². The fourth-order valence-corrected chi connectivity index (χ4v) is 3.14. The fourth-order valence-electron chi connectivity index (χ4n) is 2.65. The second-order valence-corrected chi connectivity index (χ2v) is 7.21. The number of carbonyl (C=O) groups is 2. The number of ether oxygens (including phenoxy) is 2. The van der Waals surface area contributed by atoms with Gasteiger partial charge in [-0.2, -0.15) is 0 Å². The molecule has 0 atom stereocenters. The van der Waals surface area contributed by atoms with Crippen molar-refractivity contribution in [2.24, 2.45) is 0 Å². The van der Waals surface area contributed by atoms with Gasteiger partial charge in [0.05, 0.1) is 24.2 Å². The molecule has 2 N–H and O–H groups in total. The first kappa shape index (κ1) is 22.4. The fraction of sp³-hybridized carbons (Fsp3) is 0.136. The zero-order valence-corrected chi connectivity index (χ0v) is 18.0. The highest BCUT2D eigenvalue weighted by molar-refractivity contribution is 6.36. The highest BCUT2D eigenvalue weighted by atomic mass is 35.5. The number of nitrogens with one attached hydrogen (secondary N) is 2. The van der Waals surface area contributed by atoms with Gasteiger partial charge in [-0.15, -0.1) is 0 Å². The second-order valence-electron chi connectivity index (χ2n) is 6.37. The lowest BCUT2D eigenvalue weighted by atomic mass is 10.2. The molecule has 1 aromatic heterocycles. The van der Waals surface area contributed by atoms with Gasteiger partial charge in [0, 0.05) is 34.7 Å². The van der Waals surface area contributed by atoms with Crippen LogP contribution in [0.2, 0.25) is 10.0 Å². The van der Waals surface area contributed by atoms with Crippen LogP contribution in [-0.2, 0) is 11.4 Å². The molecule has 3 rings (SSSR count). The molecule has 0 saturated heterocycles. The summed E-state index contributed by atoms with van der Waals surface area (Å²) in [5, 5.41) is 5.85. The number of nitrogens with zero attached hydrogens (tertiary/aromatic N) is 1. The van der Waals surface area contributed by atoms with E-state index in [-0.39, 0.29) is 17.1 Å². The summed E-state index contributed by atoms with van der Waals surface area (Å²) in [5.41, 5.74) is 1.61. The number of hydrogen-bond acceptors (Lipinski definition) is 5. The van der Waals surface area contributed by atoms with E-state index in [0.29, 0.717) is 28.8 Å². The first-order chi connectivity index (χ1) is 15.0. The average molecular weight is 460 g/mol. The van der Waals surface area contributed by atoms with E-state index < -0.39 is 11.8 Å². The number of rotatable bonds is 8. The zero-order chi connectivity index (χ0) is 22.2. The van der Waals surface area contributed by atoms with Gasteiger partial charge in [0.2, 0.25) is 5.91 Å². The highest BCUT2D eigenvalue weighted by Gasteiger charge is 2.13. The number of benzene rings is 2. The molecule has 0 saturated carbocycles. The van der Waals surface area contributed by atoms with Gasteiger partial charge >= 0.3 is 0 Å². The van der Waals surface area contributed by atoms with Crippen molar-refractivity contribution in [2.75, 3.05) is 19.0 Å². The standard InChI is InChI=1S/C22H19Cl2N3O4/c1-30-19-7-5-16(10-20(19)31-13-14-3-2-8-25-11-14)27-21(28)12-26-22(29)17-6-4-15(23)9-18(17)24/h2-11H,12-13H2,1H3,(H,26,29)(H,27,28). The van der Waals surface area contributed by atoms with E-state index in [4.69, 9.17) is 32.7 Å². The van der Waals surface area contributed by atoms with Crippen molar-refractivity contribution in [3.05, 3.63) is 82.1 Å². The van der Waals surface area contributed by atoms with Crippen LogP contribution in [0, 0.1) is 0 Å². The van der Waals surface area contributed by atoms with Crippen molar-refractivity contribution in [1.29, 1.82) is 0 Å². The molecule has 0 radical (unpaired) electrons. The first-order valence-electron chi connectivity index (χ1n) is 9.19. The predicted molar refractivity (Wildman–Crippen MR) is 119 cm³/mol. The Morgan fingerprint density at radius 1 is 1.06 bits per heavy atom. The third-order valence-electron chi connectivity index (χ3n) is 4.15. The van der Waals surface area contributed by atoms with Crippen molar-refractivity contribution in [2.45, 2.75) is 6.61 Å². The monoisotopic (exact) mass is 459 g/mol. The van der Waals surface area contributed by atoms with E-state index in [9.17, 15) is 9.59 Å². The summed E-state index contributed by atoms with van der Waals surface area (Å²) in [4.78, 5) is 28.5. The summed E-state index contributed by atoms with van der Waals surface area (Å²) in [7, 11) is 1.53. The van der Waals surface area contributed by atoms with Crippen LogP contribution in [0.3, 0.4) is 0 Å². The molecule has 2 aromatic carbocycles. The largest absolute Gasteiger partial charge is 0.493 e. The van der Waals surface area contributed by atoms with Crippen LogP contribution in [0.5, 0.6) is 11.5 Å². The normalized spacial score (nSPS) is 10.3. The molecular formula is C22H19Cl2N3O4. The van der Waals surface area contributed by atoms with E-state index in [1.54, 1.807) is 36.7 Å². The van der Waals surface area contributed by atoms with Crippen molar-refractivity contribution in [3.63, 3.8) is 0 Å². The van der Waals surface area contributed by atoms with Crippen molar-refractivity contribution in [1.82, 2.24) is 10.3 Å². The van der Waals surface area contributed by atoms with Crippen molar-refractivity contribution < 1.29 is 19.1 Å². The maximum atomic E-state index is 12.3. The van der Waals surface area contributed by atoms with E-state index in [1.807, 2.05) is 12.1 Å².